The van der Waals surface area contributed by atoms with Gasteiger partial charge in [0.25, 0.3) is 5.91 Å². The summed E-state index contributed by atoms with van der Waals surface area (Å²) in [6.07, 6.45) is -0.889. The van der Waals surface area contributed by atoms with Gasteiger partial charge in [-0.2, -0.15) is 0 Å². The molecule has 0 bridgehead atoms. The molecule has 0 saturated heterocycles. The van der Waals surface area contributed by atoms with E-state index in [2.05, 4.69) is 11.9 Å². The molecule has 1 amide bonds. The Morgan fingerprint density at radius 2 is 1.90 bits per heavy atom. The van der Waals surface area contributed by atoms with Crippen molar-refractivity contribution in [2.45, 2.75) is 26.5 Å². The molecule has 1 N–H and O–H groups in total. The third kappa shape index (κ3) is 6.04. The van der Waals surface area contributed by atoms with Gasteiger partial charge in [0.2, 0.25) is 6.10 Å². The maximum atomic E-state index is 12.0. The van der Waals surface area contributed by atoms with Gasteiger partial charge in [-0.15, -0.1) is 0 Å². The third-order valence-corrected chi connectivity index (χ3v) is 2.38. The Labute approximate surface area is 118 Å². The highest BCUT2D eigenvalue weighted by Gasteiger charge is 2.21. The summed E-state index contributed by atoms with van der Waals surface area (Å²) in [5.41, 5.74) is 0.974. The van der Waals surface area contributed by atoms with Crippen LogP contribution in [0.2, 0.25) is 0 Å². The van der Waals surface area contributed by atoms with Crippen LogP contribution in [0.4, 0.5) is 0 Å². The number of nitrogens with one attached hydrogen (secondary N) is 1. The van der Waals surface area contributed by atoms with Gasteiger partial charge in [-0.05, 0) is 12.5 Å². The van der Waals surface area contributed by atoms with Gasteiger partial charge in [0.1, 0.15) is 6.61 Å². The molecule has 0 unspecified atom stereocenters. The van der Waals surface area contributed by atoms with E-state index < -0.39 is 12.1 Å². The van der Waals surface area contributed by atoms with Crippen LogP contribution in [0.5, 0.6) is 0 Å². The quantitative estimate of drug-likeness (QED) is 0.609. The molecule has 0 aromatic heterocycles. The summed E-state index contributed by atoms with van der Waals surface area (Å²) in [5, 5.41) is 2.73. The zero-order chi connectivity index (χ0) is 15.0. The van der Waals surface area contributed by atoms with Crippen LogP contribution < -0.4 is 5.32 Å². The number of carbonyl (C=O) groups excluding carboxylic acids is 2. The predicted octanol–water partition coefficient (Wildman–Crippen LogP) is 1.78. The molecule has 1 rings (SSSR count). The van der Waals surface area contributed by atoms with Crippen molar-refractivity contribution >= 4 is 11.9 Å². The first-order chi connectivity index (χ1) is 9.49. The van der Waals surface area contributed by atoms with E-state index in [1.54, 1.807) is 6.92 Å². The summed E-state index contributed by atoms with van der Waals surface area (Å²) in [6, 6.07) is 9.49. The van der Waals surface area contributed by atoms with Crippen LogP contribution in [0.3, 0.4) is 0 Å². The van der Waals surface area contributed by atoms with Crippen molar-refractivity contribution in [1.82, 2.24) is 5.32 Å². The highest BCUT2D eigenvalue weighted by molar-refractivity contribution is 5.81. The summed E-state index contributed by atoms with van der Waals surface area (Å²) in [7, 11) is 0. The number of allylic oxidation sites excluding steroid dienone is 1. The van der Waals surface area contributed by atoms with Crippen LogP contribution >= 0.6 is 0 Å². The third-order valence-electron chi connectivity index (χ3n) is 2.38. The molecule has 0 radical (unpaired) electrons. The Kier molecular flexibility index (Phi) is 6.29. The fourth-order valence-corrected chi connectivity index (χ4v) is 1.50. The van der Waals surface area contributed by atoms with Crippen LogP contribution in [0.25, 0.3) is 0 Å². The number of amides is 1. The molecular weight excluding hydrogens is 258 g/mol. The number of hydrogen-bond acceptors (Lipinski definition) is 4. The monoisotopic (exact) mass is 277 g/mol. The number of carbonyl (C=O) groups is 2. The summed E-state index contributed by atoms with van der Waals surface area (Å²) >= 11 is 0. The van der Waals surface area contributed by atoms with E-state index >= 15 is 0 Å². The minimum Gasteiger partial charge on any atom is -0.482 e. The van der Waals surface area contributed by atoms with Gasteiger partial charge < -0.3 is 14.8 Å². The first-order valence-corrected chi connectivity index (χ1v) is 6.26. The van der Waals surface area contributed by atoms with E-state index in [4.69, 9.17) is 9.47 Å². The molecular formula is C15H19NO4. The number of esters is 1. The Bertz CT molecular complexity index is 470. The average molecular weight is 277 g/mol. The molecule has 1 aromatic rings. The minimum absolute atomic E-state index is 0.136. The van der Waals surface area contributed by atoms with Crippen molar-refractivity contribution in [3.63, 3.8) is 0 Å². The Balaban J connectivity index is 2.53. The fourth-order valence-electron chi connectivity index (χ4n) is 1.50. The van der Waals surface area contributed by atoms with Crippen molar-refractivity contribution in [3.05, 3.63) is 48.2 Å². The van der Waals surface area contributed by atoms with E-state index in [9.17, 15) is 9.59 Å². The summed E-state index contributed by atoms with van der Waals surface area (Å²) in [6.45, 7) is 6.74. The lowest BCUT2D eigenvalue weighted by Gasteiger charge is -2.18. The van der Waals surface area contributed by atoms with Gasteiger partial charge in [0.15, 0.2) is 0 Å². The Morgan fingerprint density at radius 1 is 1.25 bits per heavy atom. The van der Waals surface area contributed by atoms with Crippen molar-refractivity contribution in [1.29, 1.82) is 0 Å². The maximum Gasteiger partial charge on any atom is 0.302 e. The average Bonchev–Trinajstić information content (AvgIpc) is 2.41. The van der Waals surface area contributed by atoms with Gasteiger partial charge in [0, 0.05) is 13.5 Å². The molecule has 0 saturated carbocycles. The Hall–Kier alpha value is -2.30. The van der Waals surface area contributed by atoms with Crippen LogP contribution in [-0.2, 0) is 25.6 Å². The highest BCUT2D eigenvalue weighted by Crippen LogP contribution is 2.03. The van der Waals surface area contributed by atoms with Crippen molar-refractivity contribution < 1.29 is 19.1 Å². The lowest BCUT2D eigenvalue weighted by molar-refractivity contribution is -0.148. The molecule has 1 aromatic carbocycles. The normalized spacial score (nSPS) is 11.3. The second-order valence-electron chi connectivity index (χ2n) is 4.31. The molecule has 0 fully saturated rings. The molecule has 20 heavy (non-hydrogen) atoms. The SMILES string of the molecule is C=C(C)O[C@H](COC(C)=O)C(=O)NCc1ccccc1. The maximum absolute atomic E-state index is 12.0. The van der Waals surface area contributed by atoms with Gasteiger partial charge in [-0.3, -0.25) is 9.59 Å². The van der Waals surface area contributed by atoms with Gasteiger partial charge in [-0.25, -0.2) is 0 Å². The number of ether oxygens (including phenoxy) is 2. The number of rotatable bonds is 7. The van der Waals surface area contributed by atoms with E-state index in [1.807, 2.05) is 30.3 Å². The van der Waals surface area contributed by atoms with Gasteiger partial charge in [0.05, 0.1) is 5.76 Å². The topological polar surface area (TPSA) is 64.6 Å². The zero-order valence-electron chi connectivity index (χ0n) is 11.7. The predicted molar refractivity (Wildman–Crippen MR) is 74.6 cm³/mol. The van der Waals surface area contributed by atoms with Gasteiger partial charge in [-0.1, -0.05) is 36.9 Å². The molecule has 5 nitrogen and oxygen atoms in total. The second kappa shape index (κ2) is 7.99. The molecule has 0 spiro atoms. The summed E-state index contributed by atoms with van der Waals surface area (Å²) < 4.78 is 10.1. The summed E-state index contributed by atoms with van der Waals surface area (Å²) in [4.78, 5) is 22.8. The van der Waals surface area contributed by atoms with Crippen molar-refractivity contribution in [3.8, 4) is 0 Å². The molecule has 108 valence electrons. The minimum atomic E-state index is -0.889. The van der Waals surface area contributed by atoms with E-state index in [0.29, 0.717) is 12.3 Å². The first-order valence-electron chi connectivity index (χ1n) is 6.26. The standard InChI is InChI=1S/C15H19NO4/c1-11(2)20-14(10-19-12(3)17)15(18)16-9-13-7-5-4-6-8-13/h4-8,14H,1,9-10H2,2-3H3,(H,16,18)/t14-/m1/s1. The molecule has 1 atom stereocenters. The number of hydrogen-bond donors (Lipinski definition) is 1. The van der Waals surface area contributed by atoms with Crippen molar-refractivity contribution in [2.24, 2.45) is 0 Å². The van der Waals surface area contributed by atoms with Crippen LogP contribution in [0.15, 0.2) is 42.7 Å². The van der Waals surface area contributed by atoms with Gasteiger partial charge >= 0.3 is 5.97 Å². The van der Waals surface area contributed by atoms with E-state index in [1.165, 1.54) is 6.92 Å². The first kappa shape index (κ1) is 15.8. The second-order valence-corrected chi connectivity index (χ2v) is 4.31. The fraction of sp³-hybridized carbons (Fsp3) is 0.333. The Morgan fingerprint density at radius 3 is 2.45 bits per heavy atom. The zero-order valence-corrected chi connectivity index (χ0v) is 11.7. The van der Waals surface area contributed by atoms with E-state index in [-0.39, 0.29) is 12.5 Å². The van der Waals surface area contributed by atoms with E-state index in [0.717, 1.165) is 5.56 Å². The molecule has 0 aliphatic heterocycles. The molecule has 5 heteroatoms. The largest absolute Gasteiger partial charge is 0.482 e. The number of benzene rings is 1. The van der Waals surface area contributed by atoms with Crippen molar-refractivity contribution in [2.75, 3.05) is 6.61 Å². The van der Waals surface area contributed by atoms with Crippen LogP contribution in [0, 0.1) is 0 Å². The lowest BCUT2D eigenvalue weighted by Crippen LogP contribution is -2.39. The smallest absolute Gasteiger partial charge is 0.302 e. The molecule has 0 heterocycles. The molecule has 0 aliphatic rings. The van der Waals surface area contributed by atoms with Crippen LogP contribution in [0.1, 0.15) is 19.4 Å². The highest BCUT2D eigenvalue weighted by atomic mass is 16.6. The molecule has 0 aliphatic carbocycles. The summed E-state index contributed by atoms with van der Waals surface area (Å²) in [5.74, 6) is -0.425. The van der Waals surface area contributed by atoms with Crippen LogP contribution in [-0.4, -0.2) is 24.6 Å². The lowest BCUT2D eigenvalue weighted by atomic mass is 10.2.